The van der Waals surface area contributed by atoms with Crippen molar-refractivity contribution in [1.82, 2.24) is 0 Å². The first-order valence-electron chi connectivity index (χ1n) is 7.57. The molecular formula is C16H24BNO2. The van der Waals surface area contributed by atoms with E-state index in [1.807, 2.05) is 0 Å². The van der Waals surface area contributed by atoms with E-state index < -0.39 is 0 Å². The first-order valence-corrected chi connectivity index (χ1v) is 7.57. The van der Waals surface area contributed by atoms with Crippen LogP contribution in [0.1, 0.15) is 40.5 Å². The molecule has 1 aliphatic heterocycles. The number of benzene rings is 1. The van der Waals surface area contributed by atoms with Gasteiger partial charge in [-0.25, -0.2) is 0 Å². The Labute approximate surface area is 122 Å². The quantitative estimate of drug-likeness (QED) is 0.856. The maximum Gasteiger partial charge on any atom is 0.494 e. The molecule has 1 aromatic rings. The molecule has 0 bridgehead atoms. The molecule has 1 saturated heterocycles. The fourth-order valence-corrected chi connectivity index (χ4v) is 2.36. The van der Waals surface area contributed by atoms with Crippen molar-refractivity contribution in [1.29, 1.82) is 0 Å². The van der Waals surface area contributed by atoms with E-state index in [0.717, 1.165) is 23.6 Å². The SMILES string of the molecule is CC1(C)OB(c2cccc(NCC3CC3)c2)OC1(C)C. The summed E-state index contributed by atoms with van der Waals surface area (Å²) >= 11 is 0. The molecule has 3 rings (SSSR count). The molecule has 0 unspecified atom stereocenters. The van der Waals surface area contributed by atoms with Crippen LogP contribution in [0.2, 0.25) is 0 Å². The van der Waals surface area contributed by atoms with E-state index in [2.05, 4.69) is 57.3 Å². The molecule has 1 aromatic carbocycles. The second-order valence-corrected chi connectivity index (χ2v) is 7.04. The van der Waals surface area contributed by atoms with Crippen LogP contribution in [0.4, 0.5) is 5.69 Å². The predicted molar refractivity (Wildman–Crippen MR) is 83.4 cm³/mol. The van der Waals surface area contributed by atoms with Gasteiger partial charge in [-0.15, -0.1) is 0 Å². The van der Waals surface area contributed by atoms with Gasteiger partial charge >= 0.3 is 7.12 Å². The van der Waals surface area contributed by atoms with Crippen molar-refractivity contribution in [2.75, 3.05) is 11.9 Å². The Morgan fingerprint density at radius 3 is 2.40 bits per heavy atom. The molecule has 2 aliphatic rings. The smallest absolute Gasteiger partial charge is 0.399 e. The van der Waals surface area contributed by atoms with Crippen LogP contribution in [0.5, 0.6) is 0 Å². The zero-order chi connectivity index (χ0) is 14.4. The lowest BCUT2D eigenvalue weighted by Crippen LogP contribution is -2.41. The first kappa shape index (κ1) is 14.0. The normalized spacial score (nSPS) is 23.9. The predicted octanol–water partition coefficient (Wildman–Crippen LogP) is 2.81. The van der Waals surface area contributed by atoms with Gasteiger partial charge in [0.05, 0.1) is 11.2 Å². The molecule has 2 fully saturated rings. The van der Waals surface area contributed by atoms with Gasteiger partial charge in [0.25, 0.3) is 0 Å². The Kier molecular flexibility index (Phi) is 3.34. The van der Waals surface area contributed by atoms with Crippen molar-refractivity contribution in [2.45, 2.75) is 51.7 Å². The minimum absolute atomic E-state index is 0.275. The Morgan fingerprint density at radius 1 is 1.15 bits per heavy atom. The number of hydrogen-bond acceptors (Lipinski definition) is 3. The summed E-state index contributed by atoms with van der Waals surface area (Å²) in [6.07, 6.45) is 2.73. The van der Waals surface area contributed by atoms with Crippen LogP contribution in [-0.2, 0) is 9.31 Å². The van der Waals surface area contributed by atoms with E-state index in [4.69, 9.17) is 9.31 Å². The van der Waals surface area contributed by atoms with Crippen molar-refractivity contribution in [3.63, 3.8) is 0 Å². The summed E-state index contributed by atoms with van der Waals surface area (Å²) in [6.45, 7) is 9.42. The summed E-state index contributed by atoms with van der Waals surface area (Å²) in [5.41, 5.74) is 1.68. The summed E-state index contributed by atoms with van der Waals surface area (Å²) in [4.78, 5) is 0. The molecule has 3 nitrogen and oxygen atoms in total. The molecule has 0 radical (unpaired) electrons. The molecule has 1 aliphatic carbocycles. The lowest BCUT2D eigenvalue weighted by atomic mass is 9.79. The topological polar surface area (TPSA) is 30.5 Å². The van der Waals surface area contributed by atoms with Crippen LogP contribution in [0.25, 0.3) is 0 Å². The van der Waals surface area contributed by atoms with Gasteiger partial charge in [0.1, 0.15) is 0 Å². The summed E-state index contributed by atoms with van der Waals surface area (Å²) in [6, 6.07) is 8.39. The average Bonchev–Trinajstić information content (AvgIpc) is 3.15. The molecule has 0 spiro atoms. The largest absolute Gasteiger partial charge is 0.494 e. The van der Waals surface area contributed by atoms with E-state index in [1.54, 1.807) is 0 Å². The molecule has 1 N–H and O–H groups in total. The third kappa shape index (κ3) is 2.72. The van der Waals surface area contributed by atoms with Gasteiger partial charge in [-0.05, 0) is 64.1 Å². The first-order chi connectivity index (χ1) is 9.37. The van der Waals surface area contributed by atoms with Gasteiger partial charge in [0.2, 0.25) is 0 Å². The van der Waals surface area contributed by atoms with Crippen LogP contribution in [0, 0.1) is 5.92 Å². The van der Waals surface area contributed by atoms with Crippen molar-refractivity contribution in [2.24, 2.45) is 5.92 Å². The van der Waals surface area contributed by atoms with Gasteiger partial charge in [-0.1, -0.05) is 12.1 Å². The molecule has 20 heavy (non-hydrogen) atoms. The lowest BCUT2D eigenvalue weighted by molar-refractivity contribution is 0.00578. The number of rotatable bonds is 4. The van der Waals surface area contributed by atoms with Crippen molar-refractivity contribution in [3.8, 4) is 0 Å². The molecule has 0 aromatic heterocycles. The fraction of sp³-hybridized carbons (Fsp3) is 0.625. The highest BCUT2D eigenvalue weighted by Gasteiger charge is 2.51. The Hall–Kier alpha value is -0.995. The maximum absolute atomic E-state index is 6.09. The molecular weight excluding hydrogens is 249 g/mol. The molecule has 108 valence electrons. The van der Waals surface area contributed by atoms with Crippen molar-refractivity contribution < 1.29 is 9.31 Å². The van der Waals surface area contributed by atoms with Gasteiger partial charge in [-0.2, -0.15) is 0 Å². The molecule has 1 heterocycles. The molecule has 1 saturated carbocycles. The molecule has 4 heteroatoms. The van der Waals surface area contributed by atoms with Crippen LogP contribution in [0.3, 0.4) is 0 Å². The number of nitrogens with one attached hydrogen (secondary N) is 1. The third-order valence-corrected chi connectivity index (χ3v) is 4.70. The summed E-state index contributed by atoms with van der Waals surface area (Å²) in [5.74, 6) is 0.871. The molecule has 0 amide bonds. The summed E-state index contributed by atoms with van der Waals surface area (Å²) in [5, 5.41) is 3.50. The average molecular weight is 273 g/mol. The van der Waals surface area contributed by atoms with E-state index in [0.29, 0.717) is 0 Å². The Balaban J connectivity index is 1.72. The van der Waals surface area contributed by atoms with E-state index in [1.165, 1.54) is 12.8 Å². The van der Waals surface area contributed by atoms with Crippen LogP contribution in [0.15, 0.2) is 24.3 Å². The van der Waals surface area contributed by atoms with Gasteiger partial charge in [-0.3, -0.25) is 0 Å². The zero-order valence-corrected chi connectivity index (χ0v) is 12.9. The van der Waals surface area contributed by atoms with Crippen molar-refractivity contribution >= 4 is 18.3 Å². The fourth-order valence-electron chi connectivity index (χ4n) is 2.36. The molecule has 0 atom stereocenters. The number of anilines is 1. The highest BCUT2D eigenvalue weighted by molar-refractivity contribution is 6.62. The minimum Gasteiger partial charge on any atom is -0.399 e. The van der Waals surface area contributed by atoms with Crippen LogP contribution >= 0.6 is 0 Å². The standard InChI is InChI=1S/C16H24BNO2/c1-15(2)16(3,4)20-17(19-15)13-6-5-7-14(10-13)18-11-12-8-9-12/h5-7,10,12,18H,8-9,11H2,1-4H3. The number of hydrogen-bond donors (Lipinski definition) is 1. The third-order valence-electron chi connectivity index (χ3n) is 4.70. The van der Waals surface area contributed by atoms with Gasteiger partial charge in [0, 0.05) is 12.2 Å². The van der Waals surface area contributed by atoms with E-state index >= 15 is 0 Å². The maximum atomic E-state index is 6.09. The monoisotopic (exact) mass is 273 g/mol. The highest BCUT2D eigenvalue weighted by Crippen LogP contribution is 2.36. The van der Waals surface area contributed by atoms with Gasteiger partial charge < -0.3 is 14.6 Å². The summed E-state index contributed by atoms with van der Waals surface area (Å²) in [7, 11) is -0.275. The van der Waals surface area contributed by atoms with Crippen LogP contribution in [-0.4, -0.2) is 24.9 Å². The van der Waals surface area contributed by atoms with Gasteiger partial charge in [0.15, 0.2) is 0 Å². The second kappa shape index (κ2) is 4.78. The second-order valence-electron chi connectivity index (χ2n) is 7.04. The zero-order valence-electron chi connectivity index (χ0n) is 12.9. The highest BCUT2D eigenvalue weighted by atomic mass is 16.7. The minimum atomic E-state index is -0.283. The Morgan fingerprint density at radius 2 is 1.80 bits per heavy atom. The lowest BCUT2D eigenvalue weighted by Gasteiger charge is -2.32. The van der Waals surface area contributed by atoms with E-state index in [-0.39, 0.29) is 18.3 Å². The van der Waals surface area contributed by atoms with Crippen LogP contribution < -0.4 is 10.8 Å². The summed E-state index contributed by atoms with van der Waals surface area (Å²) < 4.78 is 12.2. The van der Waals surface area contributed by atoms with E-state index in [9.17, 15) is 0 Å². The Bertz CT molecular complexity index is 481. The van der Waals surface area contributed by atoms with Crippen molar-refractivity contribution in [3.05, 3.63) is 24.3 Å².